The average Bonchev–Trinajstić information content (AvgIpc) is 2.24. The van der Waals surface area contributed by atoms with Crippen LogP contribution >= 0.6 is 0 Å². The van der Waals surface area contributed by atoms with Gasteiger partial charge in [0.1, 0.15) is 11.9 Å². The Morgan fingerprint density at radius 3 is 2.88 bits per heavy atom. The van der Waals surface area contributed by atoms with Gasteiger partial charge >= 0.3 is 0 Å². The average molecular weight is 226 g/mol. The second-order valence-corrected chi connectivity index (χ2v) is 3.16. The SMILES string of the molecule is Cc1cc(NCC(O)C(N)=O)nc(NN)n1. The number of nitrogens with zero attached hydrogens (tertiary/aromatic N) is 2. The third-order valence-electron chi connectivity index (χ3n) is 1.79. The van der Waals surface area contributed by atoms with Crippen LogP contribution in [0.4, 0.5) is 11.8 Å². The molecule has 8 nitrogen and oxygen atoms in total. The van der Waals surface area contributed by atoms with Crippen molar-refractivity contribution in [2.45, 2.75) is 13.0 Å². The smallest absolute Gasteiger partial charge is 0.248 e. The van der Waals surface area contributed by atoms with Gasteiger partial charge in [-0.05, 0) is 6.92 Å². The number of primary amides is 1. The summed E-state index contributed by atoms with van der Waals surface area (Å²) < 4.78 is 0. The van der Waals surface area contributed by atoms with Crippen LogP contribution in [0, 0.1) is 6.92 Å². The van der Waals surface area contributed by atoms with E-state index in [1.165, 1.54) is 0 Å². The molecule has 0 saturated carbocycles. The van der Waals surface area contributed by atoms with E-state index in [0.717, 1.165) is 0 Å². The number of aromatic nitrogens is 2. The van der Waals surface area contributed by atoms with Crippen LogP contribution in [0.25, 0.3) is 0 Å². The fourth-order valence-electron chi connectivity index (χ4n) is 1.03. The van der Waals surface area contributed by atoms with Gasteiger partial charge in [-0.15, -0.1) is 0 Å². The topological polar surface area (TPSA) is 139 Å². The summed E-state index contributed by atoms with van der Waals surface area (Å²) in [4.78, 5) is 18.5. The number of amides is 1. The number of carbonyl (C=O) groups is 1. The first-order valence-electron chi connectivity index (χ1n) is 4.56. The summed E-state index contributed by atoms with van der Waals surface area (Å²) in [5.41, 5.74) is 7.89. The Kier molecular flexibility index (Phi) is 3.97. The van der Waals surface area contributed by atoms with Gasteiger partial charge in [-0.25, -0.2) is 10.8 Å². The fourth-order valence-corrected chi connectivity index (χ4v) is 1.03. The summed E-state index contributed by atoms with van der Waals surface area (Å²) in [7, 11) is 0. The van der Waals surface area contributed by atoms with Crippen LogP contribution in [-0.2, 0) is 4.79 Å². The number of anilines is 2. The van der Waals surface area contributed by atoms with Gasteiger partial charge in [0.2, 0.25) is 11.9 Å². The number of nitrogens with one attached hydrogen (secondary N) is 2. The number of nitrogens with two attached hydrogens (primary N) is 2. The zero-order valence-corrected chi connectivity index (χ0v) is 8.77. The maximum atomic E-state index is 10.6. The van der Waals surface area contributed by atoms with Crippen LogP contribution in [0.15, 0.2) is 6.07 Å². The molecular weight excluding hydrogens is 212 g/mol. The molecule has 0 aliphatic carbocycles. The highest BCUT2D eigenvalue weighted by Crippen LogP contribution is 2.08. The summed E-state index contributed by atoms with van der Waals surface area (Å²) in [6.07, 6.45) is -1.26. The van der Waals surface area contributed by atoms with E-state index in [4.69, 9.17) is 16.7 Å². The van der Waals surface area contributed by atoms with Crippen LogP contribution in [0.1, 0.15) is 5.69 Å². The molecule has 16 heavy (non-hydrogen) atoms. The maximum Gasteiger partial charge on any atom is 0.248 e. The molecule has 1 aromatic rings. The molecule has 1 amide bonds. The maximum absolute atomic E-state index is 10.6. The molecule has 8 heteroatoms. The lowest BCUT2D eigenvalue weighted by atomic mass is 10.3. The zero-order chi connectivity index (χ0) is 12.1. The number of aliphatic hydroxyl groups is 1. The van der Waals surface area contributed by atoms with Crippen LogP contribution in [0.5, 0.6) is 0 Å². The summed E-state index contributed by atoms with van der Waals surface area (Å²) in [6.45, 7) is 1.74. The molecule has 88 valence electrons. The van der Waals surface area contributed by atoms with Gasteiger partial charge in [0, 0.05) is 11.8 Å². The summed E-state index contributed by atoms with van der Waals surface area (Å²) in [5.74, 6) is 5.06. The highest BCUT2D eigenvalue weighted by molar-refractivity contribution is 5.79. The van der Waals surface area contributed by atoms with Crippen LogP contribution in [0.3, 0.4) is 0 Å². The lowest BCUT2D eigenvalue weighted by Gasteiger charge is -2.10. The van der Waals surface area contributed by atoms with Gasteiger partial charge in [0.15, 0.2) is 0 Å². The van der Waals surface area contributed by atoms with E-state index in [1.54, 1.807) is 13.0 Å². The Morgan fingerprint density at radius 1 is 1.62 bits per heavy atom. The Labute approximate surface area is 92.0 Å². The Balaban J connectivity index is 2.66. The molecule has 0 fully saturated rings. The number of aryl methyl sites for hydroxylation is 1. The van der Waals surface area contributed by atoms with Gasteiger partial charge in [-0.1, -0.05) is 0 Å². The predicted molar refractivity (Wildman–Crippen MR) is 58.3 cm³/mol. The molecule has 1 unspecified atom stereocenters. The zero-order valence-electron chi connectivity index (χ0n) is 8.77. The first kappa shape index (κ1) is 12.1. The molecule has 1 atom stereocenters. The molecule has 1 aromatic heterocycles. The van der Waals surface area contributed by atoms with Crippen molar-refractivity contribution in [1.82, 2.24) is 9.97 Å². The number of nitrogen functional groups attached to an aromatic ring is 1. The number of hydrogen-bond donors (Lipinski definition) is 5. The van der Waals surface area contributed by atoms with Crippen molar-refractivity contribution < 1.29 is 9.90 Å². The third-order valence-corrected chi connectivity index (χ3v) is 1.79. The third kappa shape index (κ3) is 3.33. The lowest BCUT2D eigenvalue weighted by Crippen LogP contribution is -2.34. The van der Waals surface area contributed by atoms with Crippen LogP contribution in [-0.4, -0.2) is 33.6 Å². The van der Waals surface area contributed by atoms with E-state index in [1.807, 2.05) is 0 Å². The lowest BCUT2D eigenvalue weighted by molar-refractivity contribution is -0.125. The Bertz CT molecular complexity index is 383. The van der Waals surface area contributed by atoms with Gasteiger partial charge < -0.3 is 16.2 Å². The van der Waals surface area contributed by atoms with E-state index in [9.17, 15) is 4.79 Å². The van der Waals surface area contributed by atoms with Crippen molar-refractivity contribution in [3.63, 3.8) is 0 Å². The minimum atomic E-state index is -1.26. The van der Waals surface area contributed by atoms with Gasteiger partial charge in [0.05, 0.1) is 6.54 Å². The minimum Gasteiger partial charge on any atom is -0.381 e. The van der Waals surface area contributed by atoms with Crippen molar-refractivity contribution in [3.8, 4) is 0 Å². The molecule has 0 bridgehead atoms. The van der Waals surface area contributed by atoms with Crippen LogP contribution < -0.4 is 22.3 Å². The number of hydrogen-bond acceptors (Lipinski definition) is 7. The van der Waals surface area contributed by atoms with Gasteiger partial charge in [-0.3, -0.25) is 10.2 Å². The van der Waals surface area contributed by atoms with E-state index >= 15 is 0 Å². The fraction of sp³-hybridized carbons (Fsp3) is 0.375. The molecule has 0 spiro atoms. The second kappa shape index (κ2) is 5.24. The van der Waals surface area contributed by atoms with Crippen molar-refractivity contribution in [2.24, 2.45) is 11.6 Å². The molecular formula is C8H14N6O2. The van der Waals surface area contributed by atoms with Crippen LogP contribution in [0.2, 0.25) is 0 Å². The number of rotatable bonds is 5. The highest BCUT2D eigenvalue weighted by atomic mass is 16.3. The Hall–Kier alpha value is -1.93. The van der Waals surface area contributed by atoms with E-state index in [-0.39, 0.29) is 12.5 Å². The molecule has 1 heterocycles. The molecule has 0 aliphatic rings. The van der Waals surface area contributed by atoms with E-state index < -0.39 is 12.0 Å². The van der Waals surface area contributed by atoms with E-state index in [0.29, 0.717) is 11.5 Å². The van der Waals surface area contributed by atoms with Crippen molar-refractivity contribution in [2.75, 3.05) is 17.3 Å². The largest absolute Gasteiger partial charge is 0.381 e. The summed E-state index contributed by atoms with van der Waals surface area (Å²) in [6, 6.07) is 1.65. The quantitative estimate of drug-likeness (QED) is 0.298. The van der Waals surface area contributed by atoms with E-state index in [2.05, 4.69) is 20.7 Å². The van der Waals surface area contributed by atoms with Gasteiger partial charge in [-0.2, -0.15) is 4.98 Å². The standard InChI is InChI=1S/C8H14N6O2/c1-4-2-6(13-8(12-4)14-10)11-3-5(15)7(9)16/h2,5,15H,3,10H2,1H3,(H2,9,16)(H2,11,12,13,14). The van der Waals surface area contributed by atoms with Crippen molar-refractivity contribution in [1.29, 1.82) is 0 Å². The number of hydrazine groups is 1. The molecule has 0 aromatic carbocycles. The Morgan fingerprint density at radius 2 is 2.31 bits per heavy atom. The van der Waals surface area contributed by atoms with Crippen molar-refractivity contribution >= 4 is 17.7 Å². The summed E-state index contributed by atoms with van der Waals surface area (Å²) in [5, 5.41) is 11.9. The monoisotopic (exact) mass is 226 g/mol. The molecule has 1 rings (SSSR count). The first-order chi connectivity index (χ1) is 7.52. The van der Waals surface area contributed by atoms with Gasteiger partial charge in [0.25, 0.3) is 0 Å². The molecule has 7 N–H and O–H groups in total. The number of aliphatic hydroxyl groups excluding tert-OH is 1. The second-order valence-electron chi connectivity index (χ2n) is 3.16. The highest BCUT2D eigenvalue weighted by Gasteiger charge is 2.10. The normalized spacial score (nSPS) is 11.9. The first-order valence-corrected chi connectivity index (χ1v) is 4.56. The number of carbonyl (C=O) groups excluding carboxylic acids is 1. The molecule has 0 radical (unpaired) electrons. The van der Waals surface area contributed by atoms with Crippen molar-refractivity contribution in [3.05, 3.63) is 11.8 Å². The summed E-state index contributed by atoms with van der Waals surface area (Å²) >= 11 is 0. The minimum absolute atomic E-state index is 0.0181. The predicted octanol–water partition coefficient (Wildman–Crippen LogP) is -1.67. The molecule has 0 aliphatic heterocycles. The molecule has 0 saturated heterocycles.